The van der Waals surface area contributed by atoms with E-state index < -0.39 is 0 Å². The number of anilines is 2. The van der Waals surface area contributed by atoms with Crippen LogP contribution in [0.15, 0.2) is 45.8 Å². The number of hydrogen-bond acceptors (Lipinski definition) is 4. The van der Waals surface area contributed by atoms with Gasteiger partial charge in [-0.2, -0.15) is 0 Å². The van der Waals surface area contributed by atoms with Gasteiger partial charge in [-0.25, -0.2) is 0 Å². The summed E-state index contributed by atoms with van der Waals surface area (Å²) in [4.78, 5) is 37.0. The molecule has 2 aromatic rings. The van der Waals surface area contributed by atoms with Gasteiger partial charge in [0.25, 0.3) is 5.91 Å². The molecule has 140 valence electrons. The Morgan fingerprint density at radius 3 is 2.81 bits per heavy atom. The first-order valence-electron chi connectivity index (χ1n) is 8.33. The summed E-state index contributed by atoms with van der Waals surface area (Å²) < 4.78 is 0.960. The second-order valence-electron chi connectivity index (χ2n) is 6.05. The molecule has 0 unspecified atom stereocenters. The molecule has 0 radical (unpaired) electrons. The highest BCUT2D eigenvalue weighted by Crippen LogP contribution is 2.31. The molecule has 8 heteroatoms. The number of amides is 3. The van der Waals surface area contributed by atoms with Crippen molar-refractivity contribution in [2.75, 3.05) is 22.9 Å². The van der Waals surface area contributed by atoms with E-state index in [4.69, 9.17) is 0 Å². The lowest BCUT2D eigenvalue weighted by molar-refractivity contribution is -0.116. The number of carbonyl (C=O) groups is 3. The molecule has 0 aliphatic carbocycles. The van der Waals surface area contributed by atoms with E-state index in [2.05, 4.69) is 31.9 Å². The van der Waals surface area contributed by atoms with Crippen molar-refractivity contribution in [2.45, 2.75) is 18.2 Å². The summed E-state index contributed by atoms with van der Waals surface area (Å²) in [5, 5.41) is 8.15. The largest absolute Gasteiger partial charge is 0.343 e. The van der Waals surface area contributed by atoms with Crippen LogP contribution < -0.4 is 16.0 Å². The average Bonchev–Trinajstić information content (AvgIpc) is 2.82. The van der Waals surface area contributed by atoms with Crippen molar-refractivity contribution in [3.8, 4) is 0 Å². The van der Waals surface area contributed by atoms with Crippen LogP contribution in [0.25, 0.3) is 0 Å². The average molecular weight is 448 g/mol. The minimum absolute atomic E-state index is 0.0667. The maximum absolute atomic E-state index is 12.3. The summed E-state index contributed by atoms with van der Waals surface area (Å²) in [6.07, 6.45) is 0.441. The monoisotopic (exact) mass is 447 g/mol. The van der Waals surface area contributed by atoms with Gasteiger partial charge in [-0.05, 0) is 48.9 Å². The molecule has 0 atom stereocenters. The lowest BCUT2D eigenvalue weighted by Gasteiger charge is -2.10. The first kappa shape index (κ1) is 19.4. The molecular formula is C19H18BrN3O3S. The number of aryl methyl sites for hydroxylation is 1. The molecule has 0 aromatic heterocycles. The molecule has 27 heavy (non-hydrogen) atoms. The Labute approximate surface area is 169 Å². The molecule has 0 saturated carbocycles. The summed E-state index contributed by atoms with van der Waals surface area (Å²) in [5.41, 5.74) is 2.69. The van der Waals surface area contributed by atoms with Gasteiger partial charge in [-0.15, -0.1) is 11.8 Å². The topological polar surface area (TPSA) is 87.3 Å². The predicted octanol–water partition coefficient (Wildman–Crippen LogP) is 3.56. The molecule has 0 spiro atoms. The Hall–Kier alpha value is -2.32. The number of hydrogen-bond donors (Lipinski definition) is 3. The van der Waals surface area contributed by atoms with Crippen LogP contribution in [0, 0.1) is 6.92 Å². The van der Waals surface area contributed by atoms with Crippen molar-refractivity contribution < 1.29 is 14.4 Å². The van der Waals surface area contributed by atoms with E-state index in [-0.39, 0.29) is 24.3 Å². The van der Waals surface area contributed by atoms with Crippen molar-refractivity contribution in [3.05, 3.63) is 52.0 Å². The van der Waals surface area contributed by atoms with Crippen molar-refractivity contribution in [1.29, 1.82) is 0 Å². The van der Waals surface area contributed by atoms with Gasteiger partial charge < -0.3 is 16.0 Å². The van der Waals surface area contributed by atoms with Gasteiger partial charge in [0, 0.05) is 32.8 Å². The van der Waals surface area contributed by atoms with Crippen LogP contribution in [0.3, 0.4) is 0 Å². The molecule has 1 aliphatic heterocycles. The van der Waals surface area contributed by atoms with Crippen molar-refractivity contribution in [1.82, 2.24) is 5.32 Å². The second-order valence-corrected chi connectivity index (χ2v) is 8.04. The van der Waals surface area contributed by atoms with Crippen molar-refractivity contribution >= 4 is 56.8 Å². The molecule has 0 saturated heterocycles. The fourth-order valence-corrected chi connectivity index (χ4v) is 3.74. The molecule has 3 N–H and O–H groups in total. The fourth-order valence-electron chi connectivity index (χ4n) is 2.55. The quantitative estimate of drug-likeness (QED) is 0.668. The Morgan fingerprint density at radius 2 is 2.04 bits per heavy atom. The summed E-state index contributed by atoms with van der Waals surface area (Å²) in [7, 11) is 0. The van der Waals surface area contributed by atoms with E-state index in [0.29, 0.717) is 29.1 Å². The molecule has 3 amide bonds. The number of carbonyl (C=O) groups excluding carboxylic acids is 3. The molecule has 6 nitrogen and oxygen atoms in total. The third-order valence-corrected chi connectivity index (χ3v) is 5.92. The maximum atomic E-state index is 12.3. The van der Waals surface area contributed by atoms with Gasteiger partial charge in [-0.3, -0.25) is 14.4 Å². The van der Waals surface area contributed by atoms with Crippen molar-refractivity contribution in [2.24, 2.45) is 0 Å². The number of thioether (sulfide) groups is 1. The summed E-state index contributed by atoms with van der Waals surface area (Å²) in [6.45, 7) is 1.78. The molecule has 1 aliphatic rings. The SMILES string of the molecule is Cc1cc(NC(=O)CNC(=O)c2ccc3c(c2)NC(=O)CCS3)ccc1Br. The van der Waals surface area contributed by atoms with Gasteiger partial charge >= 0.3 is 0 Å². The second kappa shape index (κ2) is 8.58. The third-order valence-electron chi connectivity index (χ3n) is 3.95. The highest BCUT2D eigenvalue weighted by Gasteiger charge is 2.16. The molecule has 1 heterocycles. The third kappa shape index (κ3) is 5.11. The zero-order valence-corrected chi connectivity index (χ0v) is 17.0. The van der Waals surface area contributed by atoms with Gasteiger partial charge in [0.1, 0.15) is 0 Å². The smallest absolute Gasteiger partial charge is 0.251 e. The van der Waals surface area contributed by atoms with Crippen LogP contribution in [0.5, 0.6) is 0 Å². The molecule has 3 rings (SSSR count). The lowest BCUT2D eigenvalue weighted by Crippen LogP contribution is -2.32. The van der Waals surface area contributed by atoms with Crippen LogP contribution in [0.1, 0.15) is 22.3 Å². The molecular weight excluding hydrogens is 430 g/mol. The Morgan fingerprint density at radius 1 is 1.22 bits per heavy atom. The summed E-state index contributed by atoms with van der Waals surface area (Å²) in [5.74, 6) is -0.0461. The number of benzene rings is 2. The van der Waals surface area contributed by atoms with Crippen LogP contribution >= 0.6 is 27.7 Å². The number of fused-ring (bicyclic) bond motifs is 1. The van der Waals surface area contributed by atoms with E-state index in [9.17, 15) is 14.4 Å². The standard InChI is InChI=1S/C19H18BrN3O3S/c1-11-8-13(3-4-14(11)20)22-18(25)10-21-19(26)12-2-5-16-15(9-12)23-17(24)6-7-27-16/h2-5,8-9H,6-7,10H2,1H3,(H,21,26)(H,22,25)(H,23,24). The number of rotatable bonds is 4. The molecule has 0 bridgehead atoms. The zero-order chi connectivity index (χ0) is 19.4. The van der Waals surface area contributed by atoms with E-state index in [1.807, 2.05) is 25.1 Å². The van der Waals surface area contributed by atoms with E-state index >= 15 is 0 Å². The lowest BCUT2D eigenvalue weighted by atomic mass is 10.2. The minimum atomic E-state index is -0.372. The van der Waals surface area contributed by atoms with Crippen LogP contribution in [0.4, 0.5) is 11.4 Å². The zero-order valence-electron chi connectivity index (χ0n) is 14.6. The van der Waals surface area contributed by atoms with E-state index in [1.165, 1.54) is 0 Å². The van der Waals surface area contributed by atoms with E-state index in [1.54, 1.807) is 30.0 Å². The maximum Gasteiger partial charge on any atom is 0.251 e. The molecule has 2 aromatic carbocycles. The first-order chi connectivity index (χ1) is 12.9. The fraction of sp³-hybridized carbons (Fsp3) is 0.211. The minimum Gasteiger partial charge on any atom is -0.343 e. The normalized spacial score (nSPS) is 13.2. The van der Waals surface area contributed by atoms with E-state index in [0.717, 1.165) is 14.9 Å². The molecule has 0 fully saturated rings. The van der Waals surface area contributed by atoms with Gasteiger partial charge in [0.15, 0.2) is 0 Å². The van der Waals surface area contributed by atoms with Gasteiger partial charge in [0.05, 0.1) is 12.2 Å². The first-order valence-corrected chi connectivity index (χ1v) is 10.1. The van der Waals surface area contributed by atoms with Gasteiger partial charge in [0.2, 0.25) is 11.8 Å². The highest BCUT2D eigenvalue weighted by molar-refractivity contribution is 9.10. The van der Waals surface area contributed by atoms with Crippen LogP contribution in [-0.4, -0.2) is 30.0 Å². The number of nitrogens with one attached hydrogen (secondary N) is 3. The van der Waals surface area contributed by atoms with Gasteiger partial charge in [-0.1, -0.05) is 15.9 Å². The van der Waals surface area contributed by atoms with Crippen molar-refractivity contribution in [3.63, 3.8) is 0 Å². The number of halogens is 1. The highest BCUT2D eigenvalue weighted by atomic mass is 79.9. The predicted molar refractivity (Wildman–Crippen MR) is 110 cm³/mol. The van der Waals surface area contributed by atoms with Crippen LogP contribution in [-0.2, 0) is 9.59 Å². The van der Waals surface area contributed by atoms with Crippen LogP contribution in [0.2, 0.25) is 0 Å². The Kier molecular flexibility index (Phi) is 6.18. The Bertz CT molecular complexity index is 917. The summed E-state index contributed by atoms with van der Waals surface area (Å²) in [6, 6.07) is 10.6. The Balaban J connectivity index is 1.59. The summed E-state index contributed by atoms with van der Waals surface area (Å²) >= 11 is 4.98.